The highest BCUT2D eigenvalue weighted by Crippen LogP contribution is 2.34. The van der Waals surface area contributed by atoms with Crippen LogP contribution in [0.15, 0.2) is 41.3 Å². The first-order valence-corrected chi connectivity index (χ1v) is 9.34. The van der Waals surface area contributed by atoms with E-state index < -0.39 is 5.95 Å². The molecule has 5 rings (SSSR count). The third-order valence-corrected chi connectivity index (χ3v) is 5.53. The molecule has 0 atom stereocenters. The Hall–Kier alpha value is -3.06. The van der Waals surface area contributed by atoms with Gasteiger partial charge in [-0.15, -0.1) is 0 Å². The number of nitrogens with one attached hydrogen (secondary N) is 1. The van der Waals surface area contributed by atoms with Crippen molar-refractivity contribution < 1.29 is 9.13 Å². The number of nitrogens with zero attached hydrogens (tertiary/aromatic N) is 3. The molecule has 3 aromatic heterocycles. The van der Waals surface area contributed by atoms with Crippen molar-refractivity contribution in [2.75, 3.05) is 13.2 Å². The molecule has 0 aliphatic carbocycles. The lowest BCUT2D eigenvalue weighted by atomic mass is 9.93. The molecule has 7 heteroatoms. The lowest BCUT2D eigenvalue weighted by Crippen LogP contribution is -2.17. The second kappa shape index (κ2) is 6.53. The van der Waals surface area contributed by atoms with Crippen LogP contribution in [0.3, 0.4) is 0 Å². The predicted octanol–water partition coefficient (Wildman–Crippen LogP) is 3.51. The van der Waals surface area contributed by atoms with Crippen LogP contribution in [0.4, 0.5) is 4.39 Å². The Balaban J connectivity index is 1.76. The van der Waals surface area contributed by atoms with Gasteiger partial charge in [-0.25, -0.2) is 9.78 Å². The Morgan fingerprint density at radius 1 is 1.18 bits per heavy atom. The number of imidazole rings is 1. The van der Waals surface area contributed by atoms with E-state index in [1.54, 1.807) is 17.7 Å². The lowest BCUT2D eigenvalue weighted by Gasteiger charge is -2.23. The number of benzene rings is 1. The van der Waals surface area contributed by atoms with Crippen molar-refractivity contribution in [2.24, 2.45) is 7.05 Å². The summed E-state index contributed by atoms with van der Waals surface area (Å²) < 4.78 is 20.3. The molecule has 4 heterocycles. The highest BCUT2D eigenvalue weighted by atomic mass is 19.1. The fourth-order valence-corrected chi connectivity index (χ4v) is 4.01. The molecule has 1 aromatic carbocycles. The third kappa shape index (κ3) is 2.70. The molecule has 6 nitrogen and oxygen atoms in total. The molecule has 1 aliphatic rings. The van der Waals surface area contributed by atoms with E-state index in [0.717, 1.165) is 51.6 Å². The van der Waals surface area contributed by atoms with Crippen molar-refractivity contribution >= 4 is 21.9 Å². The van der Waals surface area contributed by atoms with Gasteiger partial charge in [0.1, 0.15) is 0 Å². The Morgan fingerprint density at radius 2 is 1.96 bits per heavy atom. The zero-order valence-electron chi connectivity index (χ0n) is 15.4. The number of H-pyrrole nitrogens is 1. The molecule has 4 aromatic rings. The van der Waals surface area contributed by atoms with Crippen LogP contribution in [0.2, 0.25) is 0 Å². The topological polar surface area (TPSA) is 72.8 Å². The minimum atomic E-state index is -0.512. The molecule has 0 spiro atoms. The maximum absolute atomic E-state index is 13.2. The van der Waals surface area contributed by atoms with Gasteiger partial charge in [0.2, 0.25) is 5.95 Å². The fraction of sp³-hybridized carbons (Fsp3) is 0.286. The Bertz CT molecular complexity index is 1240. The molecule has 0 radical (unpaired) electrons. The van der Waals surface area contributed by atoms with Crippen LogP contribution >= 0.6 is 0 Å². The molecule has 1 fully saturated rings. The quantitative estimate of drug-likeness (QED) is 0.542. The van der Waals surface area contributed by atoms with Crippen molar-refractivity contribution in [1.82, 2.24) is 19.5 Å². The average Bonchev–Trinajstić information content (AvgIpc) is 3.03. The number of ether oxygens (including phenoxy) is 1. The van der Waals surface area contributed by atoms with Gasteiger partial charge >= 0.3 is 5.69 Å². The summed E-state index contributed by atoms with van der Waals surface area (Å²) in [5, 5.41) is 0.866. The normalized spacial score (nSPS) is 15.5. The van der Waals surface area contributed by atoms with E-state index in [0.29, 0.717) is 13.2 Å². The maximum atomic E-state index is 13.2. The van der Waals surface area contributed by atoms with Crippen molar-refractivity contribution in [3.8, 4) is 11.1 Å². The molecule has 1 N–H and O–H groups in total. The third-order valence-electron chi connectivity index (χ3n) is 5.53. The van der Waals surface area contributed by atoms with Crippen LogP contribution in [0.25, 0.3) is 33.1 Å². The molecule has 0 unspecified atom stereocenters. The SMILES string of the molecule is Cn1c(=O)[nH]c2c3cc(-c4ccc(F)nc4)ccc3nc(C3CCOCC3)c21. The molecule has 1 saturated heterocycles. The average molecular weight is 378 g/mol. The molecule has 1 aliphatic heterocycles. The highest BCUT2D eigenvalue weighted by molar-refractivity contribution is 6.04. The van der Waals surface area contributed by atoms with Crippen molar-refractivity contribution in [1.29, 1.82) is 0 Å². The van der Waals surface area contributed by atoms with Crippen LogP contribution in [-0.2, 0) is 11.8 Å². The Labute approximate surface area is 160 Å². The van der Waals surface area contributed by atoms with Crippen LogP contribution in [-0.4, -0.2) is 32.7 Å². The van der Waals surface area contributed by atoms with Gasteiger partial charge in [-0.05, 0) is 42.7 Å². The van der Waals surface area contributed by atoms with E-state index in [-0.39, 0.29) is 11.6 Å². The summed E-state index contributed by atoms with van der Waals surface area (Å²) in [5.74, 6) is -0.245. The molecular formula is C21H19FN4O2. The van der Waals surface area contributed by atoms with Gasteiger partial charge in [0.05, 0.1) is 22.2 Å². The van der Waals surface area contributed by atoms with Crippen molar-refractivity contribution in [2.45, 2.75) is 18.8 Å². The van der Waals surface area contributed by atoms with Crippen LogP contribution in [0, 0.1) is 5.95 Å². The number of fused-ring (bicyclic) bond motifs is 3. The first kappa shape index (κ1) is 17.1. The van der Waals surface area contributed by atoms with Crippen LogP contribution < -0.4 is 5.69 Å². The summed E-state index contributed by atoms with van der Waals surface area (Å²) in [6, 6.07) is 8.90. The molecule has 0 amide bonds. The first-order chi connectivity index (χ1) is 13.6. The fourth-order valence-electron chi connectivity index (χ4n) is 4.01. The smallest absolute Gasteiger partial charge is 0.326 e. The first-order valence-electron chi connectivity index (χ1n) is 9.34. The van der Waals surface area contributed by atoms with Gasteiger partial charge in [-0.3, -0.25) is 9.55 Å². The predicted molar refractivity (Wildman–Crippen MR) is 105 cm³/mol. The number of pyridine rings is 2. The van der Waals surface area contributed by atoms with Crippen LogP contribution in [0.5, 0.6) is 0 Å². The minimum absolute atomic E-state index is 0.161. The van der Waals surface area contributed by atoms with Gasteiger partial charge < -0.3 is 9.72 Å². The van der Waals surface area contributed by atoms with Crippen molar-refractivity contribution in [3.05, 3.63) is 58.7 Å². The van der Waals surface area contributed by atoms with E-state index in [1.807, 2.05) is 18.2 Å². The van der Waals surface area contributed by atoms with Gasteiger partial charge in [0.25, 0.3) is 0 Å². The standard InChI is InChI=1S/C21H19FN4O2/c1-26-20-18(12-6-8-28-9-7-12)24-16-4-2-13(14-3-5-17(22)23-11-14)10-15(16)19(20)25-21(26)27/h2-5,10-12H,6-9H2,1H3,(H,25,27). The monoisotopic (exact) mass is 378 g/mol. The molecule has 28 heavy (non-hydrogen) atoms. The second-order valence-electron chi connectivity index (χ2n) is 7.20. The van der Waals surface area contributed by atoms with Gasteiger partial charge in [-0.2, -0.15) is 4.39 Å². The largest absolute Gasteiger partial charge is 0.381 e. The number of halogens is 1. The molecule has 0 bridgehead atoms. The van der Waals surface area contributed by atoms with E-state index in [9.17, 15) is 9.18 Å². The summed E-state index contributed by atoms with van der Waals surface area (Å²) >= 11 is 0. The molecule has 142 valence electrons. The highest BCUT2D eigenvalue weighted by Gasteiger charge is 2.23. The zero-order valence-corrected chi connectivity index (χ0v) is 15.4. The summed E-state index contributed by atoms with van der Waals surface area (Å²) in [6.45, 7) is 1.42. The number of hydrogen-bond acceptors (Lipinski definition) is 4. The summed E-state index contributed by atoms with van der Waals surface area (Å²) in [7, 11) is 1.77. The Morgan fingerprint density at radius 3 is 2.71 bits per heavy atom. The van der Waals surface area contributed by atoms with Gasteiger partial charge in [0, 0.05) is 43.3 Å². The van der Waals surface area contributed by atoms with Crippen LogP contribution in [0.1, 0.15) is 24.5 Å². The van der Waals surface area contributed by atoms with E-state index in [1.165, 1.54) is 12.3 Å². The molecule has 0 saturated carbocycles. The van der Waals surface area contributed by atoms with Gasteiger partial charge in [-0.1, -0.05) is 6.07 Å². The van der Waals surface area contributed by atoms with E-state index >= 15 is 0 Å². The number of aromatic nitrogens is 4. The second-order valence-corrected chi connectivity index (χ2v) is 7.20. The van der Waals surface area contributed by atoms with Gasteiger partial charge in [0.15, 0.2) is 0 Å². The maximum Gasteiger partial charge on any atom is 0.326 e. The summed E-state index contributed by atoms with van der Waals surface area (Å²) in [6.07, 6.45) is 3.30. The summed E-state index contributed by atoms with van der Waals surface area (Å²) in [4.78, 5) is 24.1. The zero-order chi connectivity index (χ0) is 19.3. The van der Waals surface area contributed by atoms with E-state index in [4.69, 9.17) is 9.72 Å². The number of rotatable bonds is 2. The minimum Gasteiger partial charge on any atom is -0.381 e. The van der Waals surface area contributed by atoms with E-state index in [2.05, 4.69) is 9.97 Å². The number of aromatic amines is 1. The number of aryl methyl sites for hydroxylation is 1. The summed E-state index contributed by atoms with van der Waals surface area (Å²) in [5.41, 5.74) is 4.95. The Kier molecular flexibility index (Phi) is 3.98. The lowest BCUT2D eigenvalue weighted by molar-refractivity contribution is 0.0848. The van der Waals surface area contributed by atoms with Crippen molar-refractivity contribution in [3.63, 3.8) is 0 Å². The number of hydrogen-bond donors (Lipinski definition) is 1. The molecular weight excluding hydrogens is 359 g/mol.